The van der Waals surface area contributed by atoms with Crippen molar-refractivity contribution in [1.29, 1.82) is 0 Å². The predicted molar refractivity (Wildman–Crippen MR) is 166 cm³/mol. The number of likely N-dealkylation sites (N-methyl/N-ethyl adjacent to an activating group) is 1. The lowest BCUT2D eigenvalue weighted by molar-refractivity contribution is -0.940. The second-order valence-electron chi connectivity index (χ2n) is 16.8. The first-order valence-electron chi connectivity index (χ1n) is 17.9. The van der Waals surface area contributed by atoms with Crippen LogP contribution in [0, 0.1) is 40.4 Å². The zero-order valence-corrected chi connectivity index (χ0v) is 29.7. The molecule has 6 fully saturated rings. The van der Waals surface area contributed by atoms with Crippen LogP contribution >= 0.6 is 0 Å². The Hall–Kier alpha value is -0.660. The molecule has 0 N–H and O–H groups in total. The number of hydrogen-bond acceptors (Lipinski definition) is 5. The number of piperidine rings is 2. The molecule has 0 radical (unpaired) electrons. The van der Waals surface area contributed by atoms with Gasteiger partial charge < -0.3 is 30.9 Å². The number of rotatable bonds is 5. The van der Waals surface area contributed by atoms with Gasteiger partial charge in [-0.3, -0.25) is 14.5 Å². The van der Waals surface area contributed by atoms with E-state index in [-0.39, 0.29) is 57.9 Å². The summed E-state index contributed by atoms with van der Waals surface area (Å²) in [6.07, 6.45) is 16.3. The molecular weight excluding hydrogens is 604 g/mol. The Kier molecular flexibility index (Phi) is 10.1. The molecule has 10 atom stereocenters. The quantitative estimate of drug-likeness (QED) is 0.332. The van der Waals surface area contributed by atoms with Crippen molar-refractivity contribution in [2.45, 2.75) is 142 Å². The average molecular weight is 666 g/mol. The Morgan fingerprint density at radius 2 is 1.53 bits per heavy atom. The third kappa shape index (κ3) is 5.99. The fourth-order valence-electron chi connectivity index (χ4n) is 11.8. The van der Waals surface area contributed by atoms with Crippen molar-refractivity contribution in [3.63, 3.8) is 0 Å². The van der Waals surface area contributed by atoms with Gasteiger partial charge in [-0.25, -0.2) is 0 Å². The van der Waals surface area contributed by atoms with Gasteiger partial charge >= 0.3 is 11.9 Å². The minimum atomic E-state index is -0.0908. The van der Waals surface area contributed by atoms with E-state index < -0.39 is 0 Å². The smallest absolute Gasteiger partial charge is 0.308 e. The number of quaternary nitrogens is 1. The van der Waals surface area contributed by atoms with Crippen LogP contribution in [0.25, 0.3) is 0 Å². The first kappa shape index (κ1) is 33.7. The van der Waals surface area contributed by atoms with E-state index >= 15 is 0 Å². The molecule has 4 aliphatic carbocycles. The number of ether oxygens (including phenoxy) is 2. The number of carbonyl (C=O) groups is 2. The lowest BCUT2D eigenvalue weighted by atomic mass is 9.44. The third-order valence-electron chi connectivity index (χ3n) is 14.1. The molecule has 43 heavy (non-hydrogen) atoms. The molecule has 0 spiro atoms. The summed E-state index contributed by atoms with van der Waals surface area (Å²) >= 11 is 0. The molecule has 2 aliphatic heterocycles. The highest BCUT2D eigenvalue weighted by atomic mass is 79.9. The van der Waals surface area contributed by atoms with Crippen molar-refractivity contribution in [3.8, 4) is 0 Å². The molecule has 7 heteroatoms. The number of halogens is 1. The highest BCUT2D eigenvalue weighted by molar-refractivity contribution is 5.71. The van der Waals surface area contributed by atoms with E-state index in [2.05, 4.69) is 25.8 Å². The molecule has 6 nitrogen and oxygen atoms in total. The summed E-state index contributed by atoms with van der Waals surface area (Å²) < 4.78 is 13.8. The summed E-state index contributed by atoms with van der Waals surface area (Å²) in [5.41, 5.74) is 0.362. The number of hydrogen-bond donors (Lipinski definition) is 0. The lowest BCUT2D eigenvalue weighted by Crippen LogP contribution is -3.00. The second kappa shape index (κ2) is 12.9. The Morgan fingerprint density at radius 3 is 2.19 bits per heavy atom. The van der Waals surface area contributed by atoms with Crippen molar-refractivity contribution < 1.29 is 40.5 Å². The normalized spacial score (nSPS) is 44.3. The predicted octanol–water partition coefficient (Wildman–Crippen LogP) is 3.61. The number of esters is 2. The summed E-state index contributed by atoms with van der Waals surface area (Å²) in [4.78, 5) is 28.1. The molecule has 0 amide bonds. The van der Waals surface area contributed by atoms with Crippen molar-refractivity contribution >= 4 is 11.9 Å². The van der Waals surface area contributed by atoms with E-state index in [0.717, 1.165) is 24.0 Å². The summed E-state index contributed by atoms with van der Waals surface area (Å²) in [5.74, 6) is 2.50. The van der Waals surface area contributed by atoms with Crippen LogP contribution in [0.5, 0.6) is 0 Å². The van der Waals surface area contributed by atoms with Crippen molar-refractivity contribution in [2.75, 3.05) is 33.2 Å². The second-order valence-corrected chi connectivity index (χ2v) is 16.8. The molecule has 0 aromatic heterocycles. The van der Waals surface area contributed by atoms with Crippen LogP contribution in [0.15, 0.2) is 0 Å². The van der Waals surface area contributed by atoms with Gasteiger partial charge in [-0.05, 0) is 113 Å². The van der Waals surface area contributed by atoms with Crippen LogP contribution in [0.2, 0.25) is 0 Å². The van der Waals surface area contributed by atoms with Gasteiger partial charge in [-0.15, -0.1) is 0 Å². The maximum absolute atomic E-state index is 12.9. The minimum Gasteiger partial charge on any atom is -1.00 e. The molecular formula is C36H61BrN2O4. The number of carbonyl (C=O) groups excluding carboxylic acids is 2. The SMILES string of the molecule is CC(=O)O[C@H]1[C@@H]([N+]2(C)CCCCC2)C[C@H]2[C@@H]3CC[C@H]4C[C@H](OC(=O)C(C)C)[C@@H](N5CCCCC5)C[C@]4(C)[C@H]3CC[C@@]21C.[Br-]. The Labute approximate surface area is 272 Å². The highest BCUT2D eigenvalue weighted by Gasteiger charge is 2.67. The van der Waals surface area contributed by atoms with E-state index in [1.807, 2.05) is 13.8 Å². The fourth-order valence-corrected chi connectivity index (χ4v) is 11.8. The van der Waals surface area contributed by atoms with Crippen LogP contribution in [0.1, 0.15) is 118 Å². The lowest BCUT2D eigenvalue weighted by Gasteiger charge is -2.62. The fraction of sp³-hybridized carbons (Fsp3) is 0.944. The Morgan fingerprint density at radius 1 is 0.860 bits per heavy atom. The first-order chi connectivity index (χ1) is 20.0. The van der Waals surface area contributed by atoms with Crippen LogP contribution < -0.4 is 17.0 Å². The molecule has 246 valence electrons. The van der Waals surface area contributed by atoms with Gasteiger partial charge in [-0.1, -0.05) is 34.1 Å². The molecule has 2 saturated heterocycles. The van der Waals surface area contributed by atoms with Gasteiger partial charge in [-0.2, -0.15) is 0 Å². The maximum atomic E-state index is 12.9. The van der Waals surface area contributed by atoms with Crippen molar-refractivity contribution in [2.24, 2.45) is 40.4 Å². The standard InChI is InChI=1S/C36H61N2O4.BrH/c1-24(2)34(40)42-32-21-26-13-14-27-28(36(26,5)23-30(32)37-17-9-7-10-18-37)15-16-35(4)29(27)22-31(33(35)41-25(3)39)38(6)19-11-8-12-20-38;/h24,26-33H,7-23H2,1-6H3;1H/q+1;/p-1/t26-,27+,28-,29-,30-,31-,32-,33-,35-,36-;/m0./s1. The van der Waals surface area contributed by atoms with E-state index in [4.69, 9.17) is 9.47 Å². The van der Waals surface area contributed by atoms with Gasteiger partial charge in [0, 0.05) is 24.8 Å². The number of likely N-dealkylation sites (tertiary alicyclic amines) is 2. The largest absolute Gasteiger partial charge is 1.00 e. The highest BCUT2D eigenvalue weighted by Crippen LogP contribution is 2.67. The zero-order valence-electron chi connectivity index (χ0n) is 28.1. The number of fused-ring (bicyclic) bond motifs is 5. The summed E-state index contributed by atoms with van der Waals surface area (Å²) in [5, 5.41) is 0. The molecule has 4 saturated carbocycles. The Bertz CT molecular complexity index is 1010. The third-order valence-corrected chi connectivity index (χ3v) is 14.1. The van der Waals surface area contributed by atoms with Crippen LogP contribution in [-0.4, -0.2) is 78.8 Å². The molecule has 6 rings (SSSR count). The Balaban J connectivity index is 0.00000368. The maximum Gasteiger partial charge on any atom is 0.308 e. The van der Waals surface area contributed by atoms with Crippen LogP contribution in [-0.2, 0) is 19.1 Å². The van der Waals surface area contributed by atoms with E-state index in [9.17, 15) is 9.59 Å². The van der Waals surface area contributed by atoms with Gasteiger partial charge in [0.25, 0.3) is 0 Å². The summed E-state index contributed by atoms with van der Waals surface area (Å²) in [6.45, 7) is 15.5. The van der Waals surface area contributed by atoms with Gasteiger partial charge in [0.05, 0.1) is 26.1 Å². The number of nitrogens with zero attached hydrogens (tertiary/aromatic N) is 2. The van der Waals surface area contributed by atoms with E-state index in [0.29, 0.717) is 35.8 Å². The van der Waals surface area contributed by atoms with Crippen molar-refractivity contribution in [3.05, 3.63) is 0 Å². The first-order valence-corrected chi connectivity index (χ1v) is 17.9. The molecule has 0 unspecified atom stereocenters. The van der Waals surface area contributed by atoms with E-state index in [1.54, 1.807) is 6.92 Å². The summed E-state index contributed by atoms with van der Waals surface area (Å²) in [7, 11) is 2.47. The van der Waals surface area contributed by atoms with Crippen LogP contribution in [0.4, 0.5) is 0 Å². The minimum absolute atomic E-state index is 0. The van der Waals surface area contributed by atoms with Gasteiger partial charge in [0.1, 0.15) is 12.1 Å². The molecule has 6 aliphatic rings. The van der Waals surface area contributed by atoms with Gasteiger partial charge in [0.2, 0.25) is 0 Å². The molecule has 0 aromatic carbocycles. The molecule has 2 heterocycles. The average Bonchev–Trinajstić information content (AvgIpc) is 3.26. The van der Waals surface area contributed by atoms with Crippen molar-refractivity contribution in [1.82, 2.24) is 4.90 Å². The van der Waals surface area contributed by atoms with E-state index in [1.165, 1.54) is 90.1 Å². The molecule has 0 bridgehead atoms. The monoisotopic (exact) mass is 664 g/mol. The van der Waals surface area contributed by atoms with Gasteiger partial charge in [0.15, 0.2) is 6.10 Å². The van der Waals surface area contributed by atoms with Crippen LogP contribution in [0.3, 0.4) is 0 Å². The zero-order chi connectivity index (χ0) is 29.9. The topological polar surface area (TPSA) is 55.8 Å². The summed E-state index contributed by atoms with van der Waals surface area (Å²) in [6, 6.07) is 0.782. The molecule has 0 aromatic rings.